The summed E-state index contributed by atoms with van der Waals surface area (Å²) >= 11 is 12.4. The molecule has 1 aliphatic heterocycles. The van der Waals surface area contributed by atoms with Crippen LogP contribution in [0.5, 0.6) is 0 Å². The highest BCUT2D eigenvalue weighted by Crippen LogP contribution is 2.51. The van der Waals surface area contributed by atoms with Gasteiger partial charge in [0.2, 0.25) is 5.91 Å². The van der Waals surface area contributed by atoms with Gasteiger partial charge in [-0.15, -0.1) is 0 Å². The van der Waals surface area contributed by atoms with Gasteiger partial charge < -0.3 is 10.6 Å². The Balaban J connectivity index is 1.73. The lowest BCUT2D eigenvalue weighted by Gasteiger charge is -2.38. The van der Waals surface area contributed by atoms with E-state index in [9.17, 15) is 4.79 Å². The van der Waals surface area contributed by atoms with Crippen molar-refractivity contribution in [1.29, 1.82) is 0 Å². The quantitative estimate of drug-likeness (QED) is 0.908. The first-order valence-corrected chi connectivity index (χ1v) is 8.76. The van der Waals surface area contributed by atoms with Crippen LogP contribution in [0.25, 0.3) is 0 Å². The number of hydrogen-bond acceptors (Lipinski definition) is 2. The van der Waals surface area contributed by atoms with E-state index in [-0.39, 0.29) is 29.8 Å². The molecule has 1 aromatic rings. The molecule has 1 saturated heterocycles. The SMILES string of the molecule is CC(N)C1CCCCN1C(=O)C1CC1c1cccc(Cl)c1Cl. The summed E-state index contributed by atoms with van der Waals surface area (Å²) in [5.41, 5.74) is 7.07. The Hall–Kier alpha value is -0.770. The number of likely N-dealkylation sites (tertiary alicyclic amines) is 1. The monoisotopic (exact) mass is 340 g/mol. The van der Waals surface area contributed by atoms with Crippen LogP contribution in [0.15, 0.2) is 18.2 Å². The van der Waals surface area contributed by atoms with Crippen LogP contribution in [0.3, 0.4) is 0 Å². The number of benzene rings is 1. The van der Waals surface area contributed by atoms with Gasteiger partial charge in [-0.2, -0.15) is 0 Å². The van der Waals surface area contributed by atoms with Gasteiger partial charge in [-0.3, -0.25) is 4.79 Å². The number of amides is 1. The fourth-order valence-corrected chi connectivity index (χ4v) is 4.06. The highest BCUT2D eigenvalue weighted by Gasteiger charge is 2.48. The summed E-state index contributed by atoms with van der Waals surface area (Å²) in [4.78, 5) is 14.9. The molecule has 4 atom stereocenters. The summed E-state index contributed by atoms with van der Waals surface area (Å²) in [7, 11) is 0. The van der Waals surface area contributed by atoms with E-state index in [1.807, 2.05) is 24.0 Å². The maximum absolute atomic E-state index is 12.8. The number of piperidine rings is 1. The molecule has 22 heavy (non-hydrogen) atoms. The summed E-state index contributed by atoms with van der Waals surface area (Å²) in [6.45, 7) is 2.83. The predicted octanol–water partition coefficient (Wildman–Crippen LogP) is 3.83. The number of rotatable bonds is 3. The molecule has 0 aromatic heterocycles. The van der Waals surface area contributed by atoms with Crippen molar-refractivity contribution in [3.63, 3.8) is 0 Å². The normalized spacial score (nSPS) is 29.3. The lowest BCUT2D eigenvalue weighted by molar-refractivity contribution is -0.136. The minimum atomic E-state index is 0.0243. The molecule has 3 rings (SSSR count). The van der Waals surface area contributed by atoms with Crippen LogP contribution in [-0.2, 0) is 4.79 Å². The lowest BCUT2D eigenvalue weighted by Crippen LogP contribution is -2.52. The van der Waals surface area contributed by atoms with Crippen molar-refractivity contribution in [1.82, 2.24) is 4.90 Å². The van der Waals surface area contributed by atoms with E-state index in [1.165, 1.54) is 0 Å². The van der Waals surface area contributed by atoms with E-state index in [1.54, 1.807) is 6.07 Å². The van der Waals surface area contributed by atoms with Crippen molar-refractivity contribution in [2.75, 3.05) is 6.54 Å². The first-order chi connectivity index (χ1) is 10.5. The highest BCUT2D eigenvalue weighted by atomic mass is 35.5. The maximum atomic E-state index is 12.8. The van der Waals surface area contributed by atoms with Crippen LogP contribution in [0.4, 0.5) is 0 Å². The highest BCUT2D eigenvalue weighted by molar-refractivity contribution is 6.42. The number of hydrogen-bond donors (Lipinski definition) is 1. The molecule has 1 heterocycles. The third kappa shape index (κ3) is 2.99. The summed E-state index contributed by atoms with van der Waals surface area (Å²) in [6.07, 6.45) is 4.11. The van der Waals surface area contributed by atoms with Gasteiger partial charge in [0, 0.05) is 24.5 Å². The van der Waals surface area contributed by atoms with E-state index in [4.69, 9.17) is 28.9 Å². The molecule has 120 valence electrons. The van der Waals surface area contributed by atoms with Crippen molar-refractivity contribution < 1.29 is 4.79 Å². The molecule has 1 aliphatic carbocycles. The molecule has 4 unspecified atom stereocenters. The molecular weight excluding hydrogens is 319 g/mol. The van der Waals surface area contributed by atoms with Gasteiger partial charge in [0.15, 0.2) is 0 Å². The number of nitrogens with zero attached hydrogens (tertiary/aromatic N) is 1. The van der Waals surface area contributed by atoms with Gasteiger partial charge >= 0.3 is 0 Å². The second-order valence-electron chi connectivity index (χ2n) is 6.55. The first-order valence-electron chi connectivity index (χ1n) is 8.00. The zero-order chi connectivity index (χ0) is 15.9. The molecule has 2 N–H and O–H groups in total. The Labute approximate surface area is 141 Å². The second-order valence-corrected chi connectivity index (χ2v) is 7.33. The summed E-state index contributed by atoms with van der Waals surface area (Å²) < 4.78 is 0. The van der Waals surface area contributed by atoms with E-state index < -0.39 is 0 Å². The van der Waals surface area contributed by atoms with E-state index in [0.717, 1.165) is 37.8 Å². The third-order valence-corrected chi connectivity index (χ3v) is 5.76. The fourth-order valence-electron chi connectivity index (χ4n) is 3.61. The fraction of sp³-hybridized carbons (Fsp3) is 0.588. The minimum Gasteiger partial charge on any atom is -0.338 e. The van der Waals surface area contributed by atoms with Gasteiger partial charge in [-0.05, 0) is 50.2 Å². The number of nitrogens with two attached hydrogens (primary N) is 1. The molecule has 1 saturated carbocycles. The molecule has 3 nitrogen and oxygen atoms in total. The topological polar surface area (TPSA) is 46.3 Å². The van der Waals surface area contributed by atoms with Crippen molar-refractivity contribution in [3.05, 3.63) is 33.8 Å². The summed E-state index contributed by atoms with van der Waals surface area (Å²) in [5, 5.41) is 1.15. The summed E-state index contributed by atoms with van der Waals surface area (Å²) in [6, 6.07) is 5.86. The van der Waals surface area contributed by atoms with Crippen molar-refractivity contribution >= 4 is 29.1 Å². The van der Waals surface area contributed by atoms with Gasteiger partial charge in [0.1, 0.15) is 0 Å². The Kier molecular flexibility index (Phi) is 4.67. The van der Waals surface area contributed by atoms with Crippen molar-refractivity contribution in [3.8, 4) is 0 Å². The lowest BCUT2D eigenvalue weighted by atomic mass is 9.96. The molecule has 1 aromatic carbocycles. The zero-order valence-corrected chi connectivity index (χ0v) is 14.3. The van der Waals surface area contributed by atoms with Gasteiger partial charge in [0.05, 0.1) is 10.0 Å². The molecule has 2 fully saturated rings. The smallest absolute Gasteiger partial charge is 0.226 e. The summed E-state index contributed by atoms with van der Waals surface area (Å²) in [5.74, 6) is 0.479. The largest absolute Gasteiger partial charge is 0.338 e. The molecule has 0 bridgehead atoms. The molecule has 5 heteroatoms. The van der Waals surface area contributed by atoms with Crippen LogP contribution < -0.4 is 5.73 Å². The van der Waals surface area contributed by atoms with Crippen LogP contribution in [0.1, 0.15) is 44.1 Å². The van der Waals surface area contributed by atoms with Crippen LogP contribution in [-0.4, -0.2) is 29.4 Å². The molecule has 2 aliphatic rings. The van der Waals surface area contributed by atoms with Crippen LogP contribution >= 0.6 is 23.2 Å². The van der Waals surface area contributed by atoms with Crippen molar-refractivity contribution in [2.24, 2.45) is 11.7 Å². The van der Waals surface area contributed by atoms with E-state index >= 15 is 0 Å². The van der Waals surface area contributed by atoms with Gasteiger partial charge in [0.25, 0.3) is 0 Å². The number of halogens is 2. The van der Waals surface area contributed by atoms with E-state index in [0.29, 0.717) is 10.0 Å². The Morgan fingerprint density at radius 3 is 2.86 bits per heavy atom. The third-order valence-electron chi connectivity index (χ3n) is 4.93. The molecule has 0 radical (unpaired) electrons. The predicted molar refractivity (Wildman–Crippen MR) is 90.3 cm³/mol. The number of carbonyl (C=O) groups is 1. The Bertz CT molecular complexity index is 576. The van der Waals surface area contributed by atoms with E-state index in [2.05, 4.69) is 0 Å². The first kappa shape index (κ1) is 16.1. The number of carbonyl (C=O) groups excluding carboxylic acids is 1. The van der Waals surface area contributed by atoms with Gasteiger partial charge in [-0.1, -0.05) is 35.3 Å². The maximum Gasteiger partial charge on any atom is 0.226 e. The van der Waals surface area contributed by atoms with Gasteiger partial charge in [-0.25, -0.2) is 0 Å². The molecule has 1 amide bonds. The zero-order valence-electron chi connectivity index (χ0n) is 12.8. The standard InChI is InChI=1S/C17H22Cl2N2O/c1-10(20)15-7-2-3-8-21(15)17(22)13-9-12(13)11-5-4-6-14(18)16(11)19/h4-6,10,12-13,15H,2-3,7-9,20H2,1H3. The second kappa shape index (κ2) is 6.38. The van der Waals surface area contributed by atoms with Crippen LogP contribution in [0, 0.1) is 5.92 Å². The van der Waals surface area contributed by atoms with Crippen molar-refractivity contribution in [2.45, 2.75) is 50.6 Å². The Morgan fingerprint density at radius 2 is 2.14 bits per heavy atom. The Morgan fingerprint density at radius 1 is 1.36 bits per heavy atom. The average Bonchev–Trinajstić information content (AvgIpc) is 3.29. The van der Waals surface area contributed by atoms with Crippen LogP contribution in [0.2, 0.25) is 10.0 Å². The average molecular weight is 341 g/mol. The molecular formula is C17H22Cl2N2O. The molecule has 0 spiro atoms. The minimum absolute atomic E-state index is 0.0243.